The molecule has 0 fully saturated rings. The van der Waals surface area contributed by atoms with E-state index in [2.05, 4.69) is 10.3 Å². The highest BCUT2D eigenvalue weighted by Crippen LogP contribution is 2.16. The summed E-state index contributed by atoms with van der Waals surface area (Å²) in [5.41, 5.74) is 6.97. The Balaban J connectivity index is 2.15. The van der Waals surface area contributed by atoms with E-state index in [1.807, 2.05) is 6.92 Å². The molecule has 2 aromatic rings. The van der Waals surface area contributed by atoms with Gasteiger partial charge >= 0.3 is 0 Å². The summed E-state index contributed by atoms with van der Waals surface area (Å²) >= 11 is 0. The summed E-state index contributed by atoms with van der Waals surface area (Å²) < 4.78 is 13.1. The summed E-state index contributed by atoms with van der Waals surface area (Å²) in [7, 11) is 0. The van der Waals surface area contributed by atoms with Crippen LogP contribution in [0.4, 0.5) is 10.1 Å². The molecule has 0 saturated carbocycles. The molecular formula is C14H14FN3O. The Bertz CT molecular complexity index is 586. The molecule has 3 N–H and O–H groups in total. The van der Waals surface area contributed by atoms with E-state index in [0.29, 0.717) is 0 Å². The molecule has 0 bridgehead atoms. The second-order valence-electron chi connectivity index (χ2n) is 4.21. The van der Waals surface area contributed by atoms with E-state index < -0.39 is 11.7 Å². The van der Waals surface area contributed by atoms with E-state index in [1.165, 1.54) is 12.1 Å². The van der Waals surface area contributed by atoms with Crippen molar-refractivity contribution in [3.8, 4) is 0 Å². The van der Waals surface area contributed by atoms with Crippen LogP contribution in [-0.2, 0) is 0 Å². The molecule has 19 heavy (non-hydrogen) atoms. The highest BCUT2D eigenvalue weighted by atomic mass is 19.1. The number of nitrogens with two attached hydrogens (primary N) is 1. The van der Waals surface area contributed by atoms with Crippen LogP contribution in [-0.4, -0.2) is 10.9 Å². The first kappa shape index (κ1) is 13.0. The van der Waals surface area contributed by atoms with Crippen molar-refractivity contribution in [2.75, 3.05) is 5.73 Å². The maximum atomic E-state index is 13.1. The molecule has 2 rings (SSSR count). The average molecular weight is 259 g/mol. The maximum absolute atomic E-state index is 13.1. The molecule has 0 aliphatic heterocycles. The molecule has 5 heteroatoms. The molecule has 0 saturated heterocycles. The molecule has 98 valence electrons. The largest absolute Gasteiger partial charge is 0.398 e. The van der Waals surface area contributed by atoms with Gasteiger partial charge in [-0.25, -0.2) is 4.39 Å². The van der Waals surface area contributed by atoms with Gasteiger partial charge in [0.2, 0.25) is 0 Å². The molecule has 1 amide bonds. The summed E-state index contributed by atoms with van der Waals surface area (Å²) in [6.45, 7) is 1.84. The monoisotopic (exact) mass is 259 g/mol. The van der Waals surface area contributed by atoms with Crippen LogP contribution in [0.15, 0.2) is 42.7 Å². The zero-order valence-electron chi connectivity index (χ0n) is 10.4. The first-order chi connectivity index (χ1) is 9.08. The Morgan fingerprint density at radius 2 is 2.00 bits per heavy atom. The van der Waals surface area contributed by atoms with E-state index in [4.69, 9.17) is 5.73 Å². The normalized spacial score (nSPS) is 11.9. The van der Waals surface area contributed by atoms with Gasteiger partial charge in [0.05, 0.1) is 11.6 Å². The van der Waals surface area contributed by atoms with E-state index in [-0.39, 0.29) is 17.3 Å². The minimum atomic E-state index is -0.490. The predicted molar refractivity (Wildman–Crippen MR) is 70.9 cm³/mol. The summed E-state index contributed by atoms with van der Waals surface area (Å²) in [5, 5.41) is 2.77. The van der Waals surface area contributed by atoms with Crippen LogP contribution < -0.4 is 11.1 Å². The SMILES string of the molecule is CC(NC(=O)c1cc(F)ccc1N)c1ccncc1. The standard InChI is InChI=1S/C14H14FN3O/c1-9(10-4-6-17-7-5-10)18-14(19)12-8-11(15)2-3-13(12)16/h2-9H,16H2,1H3,(H,18,19). The topological polar surface area (TPSA) is 68.0 Å². The number of nitrogen functional groups attached to an aromatic ring is 1. The Hall–Kier alpha value is -2.43. The van der Waals surface area contributed by atoms with E-state index >= 15 is 0 Å². The molecule has 0 aliphatic carbocycles. The van der Waals surface area contributed by atoms with Crippen LogP contribution in [0.2, 0.25) is 0 Å². The predicted octanol–water partition coefficient (Wildman–Crippen LogP) is 2.29. The van der Waals surface area contributed by atoms with Crippen LogP contribution in [0, 0.1) is 5.82 Å². The third-order valence-corrected chi connectivity index (χ3v) is 2.81. The van der Waals surface area contributed by atoms with Crippen molar-refractivity contribution >= 4 is 11.6 Å². The molecular weight excluding hydrogens is 245 g/mol. The van der Waals surface area contributed by atoms with Crippen LogP contribution in [0.25, 0.3) is 0 Å². The highest BCUT2D eigenvalue weighted by Gasteiger charge is 2.14. The Labute approximate surface area is 110 Å². The number of hydrogen-bond acceptors (Lipinski definition) is 3. The van der Waals surface area contributed by atoms with E-state index in [9.17, 15) is 9.18 Å². The number of carbonyl (C=O) groups excluding carboxylic acids is 1. The summed E-state index contributed by atoms with van der Waals surface area (Å²) in [6, 6.07) is 7.13. The minimum Gasteiger partial charge on any atom is -0.398 e. The van der Waals surface area contributed by atoms with Crippen LogP contribution in [0.1, 0.15) is 28.9 Å². The lowest BCUT2D eigenvalue weighted by atomic mass is 10.1. The molecule has 1 unspecified atom stereocenters. The van der Waals surface area contributed by atoms with Gasteiger partial charge in [-0.2, -0.15) is 0 Å². The van der Waals surface area contributed by atoms with Gasteiger partial charge in [-0.3, -0.25) is 9.78 Å². The zero-order chi connectivity index (χ0) is 13.8. The number of pyridine rings is 1. The number of hydrogen-bond donors (Lipinski definition) is 2. The third kappa shape index (κ3) is 3.07. The lowest BCUT2D eigenvalue weighted by molar-refractivity contribution is 0.0940. The van der Waals surface area contributed by atoms with Crippen LogP contribution in [0.3, 0.4) is 0 Å². The van der Waals surface area contributed by atoms with E-state index in [1.54, 1.807) is 24.5 Å². The highest BCUT2D eigenvalue weighted by molar-refractivity contribution is 5.99. The molecule has 1 aromatic carbocycles. The lowest BCUT2D eigenvalue weighted by Crippen LogP contribution is -2.27. The first-order valence-corrected chi connectivity index (χ1v) is 5.83. The quantitative estimate of drug-likeness (QED) is 0.831. The van der Waals surface area contributed by atoms with Crippen molar-refractivity contribution in [3.05, 3.63) is 59.7 Å². The number of benzene rings is 1. The van der Waals surface area contributed by atoms with Crippen molar-refractivity contribution in [1.29, 1.82) is 0 Å². The summed E-state index contributed by atoms with van der Waals surface area (Å²) in [6.07, 6.45) is 3.29. The fourth-order valence-electron chi connectivity index (χ4n) is 1.73. The molecule has 1 aromatic heterocycles. The van der Waals surface area contributed by atoms with E-state index in [0.717, 1.165) is 11.6 Å². The van der Waals surface area contributed by atoms with Gasteiger partial charge in [0.1, 0.15) is 5.82 Å². The maximum Gasteiger partial charge on any atom is 0.253 e. The lowest BCUT2D eigenvalue weighted by Gasteiger charge is -2.15. The number of nitrogens with zero attached hydrogens (tertiary/aromatic N) is 1. The van der Waals surface area contributed by atoms with Crippen LogP contribution in [0.5, 0.6) is 0 Å². The van der Waals surface area contributed by atoms with Gasteiger partial charge in [0.25, 0.3) is 5.91 Å². The molecule has 0 spiro atoms. The van der Waals surface area contributed by atoms with Crippen molar-refractivity contribution in [3.63, 3.8) is 0 Å². The summed E-state index contributed by atoms with van der Waals surface area (Å²) in [4.78, 5) is 15.9. The number of halogens is 1. The van der Waals surface area contributed by atoms with Crippen LogP contribution >= 0.6 is 0 Å². The zero-order valence-corrected chi connectivity index (χ0v) is 10.4. The van der Waals surface area contributed by atoms with Gasteiger partial charge in [-0.1, -0.05) is 0 Å². The van der Waals surface area contributed by atoms with Gasteiger partial charge in [-0.15, -0.1) is 0 Å². The smallest absolute Gasteiger partial charge is 0.253 e. The fourth-order valence-corrected chi connectivity index (χ4v) is 1.73. The van der Waals surface area contributed by atoms with Gasteiger partial charge in [0, 0.05) is 18.1 Å². The van der Waals surface area contributed by atoms with Gasteiger partial charge in [0.15, 0.2) is 0 Å². The number of rotatable bonds is 3. The van der Waals surface area contributed by atoms with Gasteiger partial charge in [-0.05, 0) is 42.8 Å². The Morgan fingerprint density at radius 3 is 2.68 bits per heavy atom. The Kier molecular flexibility index (Phi) is 3.75. The van der Waals surface area contributed by atoms with Crippen molar-refractivity contribution in [2.24, 2.45) is 0 Å². The number of nitrogens with one attached hydrogen (secondary N) is 1. The number of amides is 1. The number of carbonyl (C=O) groups is 1. The molecule has 0 aliphatic rings. The molecule has 0 radical (unpaired) electrons. The molecule has 1 heterocycles. The molecule has 1 atom stereocenters. The van der Waals surface area contributed by atoms with Crippen molar-refractivity contribution in [1.82, 2.24) is 10.3 Å². The summed E-state index contributed by atoms with van der Waals surface area (Å²) in [5.74, 6) is -0.891. The third-order valence-electron chi connectivity index (χ3n) is 2.81. The minimum absolute atomic E-state index is 0.140. The fraction of sp³-hybridized carbons (Fsp3) is 0.143. The Morgan fingerprint density at radius 1 is 1.32 bits per heavy atom. The first-order valence-electron chi connectivity index (χ1n) is 5.83. The second-order valence-corrected chi connectivity index (χ2v) is 4.21. The number of anilines is 1. The average Bonchev–Trinajstić information content (AvgIpc) is 2.42. The molecule has 4 nitrogen and oxygen atoms in total. The van der Waals surface area contributed by atoms with Gasteiger partial charge < -0.3 is 11.1 Å². The van der Waals surface area contributed by atoms with Crippen molar-refractivity contribution in [2.45, 2.75) is 13.0 Å². The van der Waals surface area contributed by atoms with Crippen molar-refractivity contribution < 1.29 is 9.18 Å². The second kappa shape index (κ2) is 5.48. The number of aromatic nitrogens is 1.